The Kier molecular flexibility index (Phi) is 8.62. The van der Waals surface area contributed by atoms with E-state index in [1.807, 2.05) is 54.6 Å². The monoisotopic (exact) mass is 552 g/mol. The van der Waals surface area contributed by atoms with E-state index < -0.39 is 16.7 Å². The van der Waals surface area contributed by atoms with Crippen molar-refractivity contribution in [2.75, 3.05) is 0 Å². The minimum Gasteiger partial charge on any atom is -0.503 e. The SMILES string of the molecule is O=c1[nH]c2ccccc2cc1O.O=c1[nH]c2ccccc2cc1O.O=c1[nH]c2ccccc2cc1O.[Ga+3]. The van der Waals surface area contributed by atoms with Crippen LogP contribution in [0.15, 0.2) is 105 Å². The summed E-state index contributed by atoms with van der Waals surface area (Å²) in [5, 5.41) is 29.7. The average molecular weight is 553 g/mol. The minimum absolute atomic E-state index is 0. The zero-order valence-corrected chi connectivity index (χ0v) is 21.7. The number of fused-ring (bicyclic) bond motifs is 3. The van der Waals surface area contributed by atoms with Crippen LogP contribution in [0.25, 0.3) is 32.7 Å². The van der Waals surface area contributed by atoms with E-state index in [0.717, 1.165) is 32.7 Å². The van der Waals surface area contributed by atoms with E-state index in [1.54, 1.807) is 18.2 Å². The molecule has 0 amide bonds. The van der Waals surface area contributed by atoms with Crippen LogP contribution in [0.2, 0.25) is 0 Å². The summed E-state index contributed by atoms with van der Waals surface area (Å²) in [4.78, 5) is 40.4. The van der Waals surface area contributed by atoms with Crippen LogP contribution in [0.5, 0.6) is 17.2 Å². The van der Waals surface area contributed by atoms with Gasteiger partial charge in [-0.3, -0.25) is 14.4 Å². The molecule has 3 heterocycles. The van der Waals surface area contributed by atoms with Gasteiger partial charge in [-0.05, 0) is 36.4 Å². The van der Waals surface area contributed by atoms with Crippen molar-refractivity contribution in [3.05, 3.63) is 122 Å². The predicted molar refractivity (Wildman–Crippen MR) is 144 cm³/mol. The molecule has 0 saturated carbocycles. The van der Waals surface area contributed by atoms with Crippen LogP contribution in [0.3, 0.4) is 0 Å². The van der Waals surface area contributed by atoms with Crippen molar-refractivity contribution in [2.45, 2.75) is 0 Å². The number of hydrogen-bond acceptors (Lipinski definition) is 6. The van der Waals surface area contributed by atoms with Gasteiger partial charge in [0.05, 0.1) is 0 Å². The first kappa shape index (κ1) is 26.9. The third kappa shape index (κ3) is 6.51. The summed E-state index contributed by atoms with van der Waals surface area (Å²) in [5.41, 5.74) is 0.858. The molecule has 0 aliphatic rings. The quantitative estimate of drug-likeness (QED) is 0.158. The second-order valence-electron chi connectivity index (χ2n) is 7.71. The Morgan fingerprint density at radius 1 is 0.432 bits per heavy atom. The number of rotatable bonds is 0. The molecule has 0 atom stereocenters. The summed E-state index contributed by atoms with van der Waals surface area (Å²) < 4.78 is 0. The first-order valence-electron chi connectivity index (χ1n) is 10.7. The molecule has 0 unspecified atom stereocenters. The van der Waals surface area contributed by atoms with E-state index in [4.69, 9.17) is 15.3 Å². The van der Waals surface area contributed by atoms with E-state index in [1.165, 1.54) is 18.2 Å². The fourth-order valence-electron chi connectivity index (χ4n) is 3.41. The smallest absolute Gasteiger partial charge is 0.503 e. The molecule has 9 nitrogen and oxygen atoms in total. The minimum atomic E-state index is -0.450. The van der Waals surface area contributed by atoms with Crippen LogP contribution in [0, 0.1) is 0 Å². The van der Waals surface area contributed by atoms with Crippen molar-refractivity contribution in [3.8, 4) is 17.2 Å². The summed E-state index contributed by atoms with van der Waals surface area (Å²) in [6.45, 7) is 0. The Bertz CT molecular complexity index is 1640. The standard InChI is InChI=1S/3C9H7NO2.Ga/c3*11-8-5-6-3-1-2-4-7(6)10-9(8)12;/h3*1-5,11H,(H,10,12);/q;;;+3. The molecule has 6 N–H and O–H groups in total. The maximum absolute atomic E-state index is 10.9. The molecule has 3 aromatic heterocycles. The van der Waals surface area contributed by atoms with Gasteiger partial charge in [0, 0.05) is 32.7 Å². The number of para-hydroxylation sites is 3. The first-order chi connectivity index (χ1) is 17.3. The van der Waals surface area contributed by atoms with Gasteiger partial charge in [-0.1, -0.05) is 54.6 Å². The topological polar surface area (TPSA) is 159 Å². The number of benzene rings is 3. The molecule has 0 aliphatic carbocycles. The maximum atomic E-state index is 10.9. The summed E-state index contributed by atoms with van der Waals surface area (Å²) in [6, 6.07) is 26.2. The Balaban J connectivity index is 0.000000152. The molecular formula is C27H21GaN3O6+3. The Labute approximate surface area is 221 Å². The van der Waals surface area contributed by atoms with Gasteiger partial charge in [0.15, 0.2) is 17.2 Å². The van der Waals surface area contributed by atoms with Gasteiger partial charge in [0.2, 0.25) is 0 Å². The van der Waals surface area contributed by atoms with Crippen LogP contribution >= 0.6 is 0 Å². The molecule has 0 saturated heterocycles. The van der Waals surface area contributed by atoms with Gasteiger partial charge >= 0.3 is 19.8 Å². The van der Waals surface area contributed by atoms with Crippen molar-refractivity contribution in [2.24, 2.45) is 0 Å². The molecule has 0 spiro atoms. The number of hydrogen-bond donors (Lipinski definition) is 6. The summed E-state index contributed by atoms with van der Waals surface area (Å²) in [5.74, 6) is -0.726. The molecule has 180 valence electrons. The van der Waals surface area contributed by atoms with Crippen LogP contribution in [-0.2, 0) is 0 Å². The van der Waals surface area contributed by atoms with Gasteiger partial charge in [-0.15, -0.1) is 0 Å². The maximum Gasteiger partial charge on any atom is 3.00 e. The Morgan fingerprint density at radius 3 is 0.946 bits per heavy atom. The molecule has 0 fully saturated rings. The van der Waals surface area contributed by atoms with Gasteiger partial charge in [-0.2, -0.15) is 0 Å². The first-order valence-corrected chi connectivity index (χ1v) is 10.7. The van der Waals surface area contributed by atoms with Crippen LogP contribution < -0.4 is 16.7 Å². The average Bonchev–Trinajstić information content (AvgIpc) is 2.87. The van der Waals surface area contributed by atoms with Crippen LogP contribution in [-0.4, -0.2) is 50.1 Å². The number of H-pyrrole nitrogens is 3. The second kappa shape index (κ2) is 11.8. The van der Waals surface area contributed by atoms with Crippen molar-refractivity contribution >= 4 is 52.5 Å². The van der Waals surface area contributed by atoms with E-state index in [-0.39, 0.29) is 37.0 Å². The number of aromatic hydroxyl groups is 3. The fraction of sp³-hybridized carbons (Fsp3) is 0. The number of aromatic amines is 3. The Hall–Kier alpha value is -4.67. The van der Waals surface area contributed by atoms with Crippen molar-refractivity contribution < 1.29 is 15.3 Å². The molecule has 3 aromatic carbocycles. The van der Waals surface area contributed by atoms with Crippen LogP contribution in [0.1, 0.15) is 0 Å². The molecular weight excluding hydrogens is 532 g/mol. The zero-order valence-electron chi connectivity index (χ0n) is 19.3. The second-order valence-corrected chi connectivity index (χ2v) is 7.71. The van der Waals surface area contributed by atoms with Gasteiger partial charge in [0.1, 0.15) is 0 Å². The summed E-state index contributed by atoms with van der Waals surface area (Å²) in [6.07, 6.45) is 0. The normalized spacial score (nSPS) is 10.1. The van der Waals surface area contributed by atoms with Crippen molar-refractivity contribution in [1.82, 2.24) is 15.0 Å². The van der Waals surface area contributed by atoms with Crippen molar-refractivity contribution in [3.63, 3.8) is 0 Å². The number of nitrogens with one attached hydrogen (secondary N) is 3. The van der Waals surface area contributed by atoms with Gasteiger partial charge < -0.3 is 30.3 Å². The molecule has 0 bridgehead atoms. The molecule has 6 aromatic rings. The molecule has 0 aliphatic heterocycles. The molecule has 0 radical (unpaired) electrons. The summed E-state index contributed by atoms with van der Waals surface area (Å²) in [7, 11) is 0. The molecule has 10 heteroatoms. The third-order valence-corrected chi connectivity index (χ3v) is 5.20. The molecule has 37 heavy (non-hydrogen) atoms. The summed E-state index contributed by atoms with van der Waals surface area (Å²) >= 11 is 0. The number of pyridine rings is 3. The van der Waals surface area contributed by atoms with E-state index in [0.29, 0.717) is 0 Å². The van der Waals surface area contributed by atoms with Crippen molar-refractivity contribution in [1.29, 1.82) is 0 Å². The Morgan fingerprint density at radius 2 is 0.676 bits per heavy atom. The van der Waals surface area contributed by atoms with Gasteiger partial charge in [0.25, 0.3) is 16.7 Å². The van der Waals surface area contributed by atoms with Gasteiger partial charge in [-0.25, -0.2) is 0 Å². The third-order valence-electron chi connectivity index (χ3n) is 5.20. The van der Waals surface area contributed by atoms with E-state index in [9.17, 15) is 14.4 Å². The zero-order chi connectivity index (χ0) is 25.7. The fourth-order valence-corrected chi connectivity index (χ4v) is 3.41. The number of aromatic nitrogens is 3. The van der Waals surface area contributed by atoms with E-state index >= 15 is 0 Å². The van der Waals surface area contributed by atoms with Crippen LogP contribution in [0.4, 0.5) is 0 Å². The molecule has 6 rings (SSSR count). The predicted octanol–water partition coefficient (Wildman–Crippen LogP) is 3.32. The van der Waals surface area contributed by atoms with E-state index in [2.05, 4.69) is 15.0 Å². The largest absolute Gasteiger partial charge is 3.00 e.